The zero-order chi connectivity index (χ0) is 20.8. The number of rotatable bonds is 5. The molecule has 0 aliphatic carbocycles. The first-order valence-electron chi connectivity index (χ1n) is 10.9. The van der Waals surface area contributed by atoms with Crippen LogP contribution in [0.15, 0.2) is 48.8 Å². The molecule has 2 fully saturated rings. The number of pyridine rings is 1. The zero-order valence-electron chi connectivity index (χ0n) is 17.7. The van der Waals surface area contributed by atoms with Crippen molar-refractivity contribution < 1.29 is 9.84 Å². The van der Waals surface area contributed by atoms with Gasteiger partial charge in [0.2, 0.25) is 0 Å². The molecular weight excluding hydrogens is 374 g/mol. The predicted molar refractivity (Wildman–Crippen MR) is 118 cm³/mol. The Kier molecular flexibility index (Phi) is 7.14. The van der Waals surface area contributed by atoms with E-state index in [1.165, 1.54) is 24.0 Å². The molecule has 0 bridgehead atoms. The van der Waals surface area contributed by atoms with E-state index in [9.17, 15) is 5.11 Å². The second-order valence-corrected chi connectivity index (χ2v) is 8.24. The molecule has 2 aliphatic heterocycles. The maximum atomic E-state index is 10.1. The Morgan fingerprint density at radius 1 is 1.10 bits per heavy atom. The number of benzene rings is 1. The Labute approximate surface area is 179 Å². The number of aromatic nitrogens is 1. The molecule has 0 radical (unpaired) electrons. The van der Waals surface area contributed by atoms with Crippen LogP contribution in [0.5, 0.6) is 0 Å². The highest BCUT2D eigenvalue weighted by atomic mass is 16.5. The number of aliphatic hydroxyl groups is 1. The fourth-order valence-electron chi connectivity index (χ4n) is 4.90. The quantitative estimate of drug-likeness (QED) is 0.775. The van der Waals surface area contributed by atoms with Gasteiger partial charge in [-0.05, 0) is 61.3 Å². The van der Waals surface area contributed by atoms with Crippen LogP contribution < -0.4 is 0 Å². The number of fused-ring (bicyclic) bond motifs is 1. The van der Waals surface area contributed by atoms with E-state index in [1.807, 2.05) is 12.4 Å². The molecule has 0 unspecified atom stereocenters. The lowest BCUT2D eigenvalue weighted by Gasteiger charge is -2.57. The third kappa shape index (κ3) is 4.74. The first kappa shape index (κ1) is 21.0. The summed E-state index contributed by atoms with van der Waals surface area (Å²) in [6.07, 6.45) is 6.12. The largest absolute Gasteiger partial charge is 0.395 e. The van der Waals surface area contributed by atoms with E-state index < -0.39 is 0 Å². The minimum absolute atomic E-state index is 0.209. The van der Waals surface area contributed by atoms with Crippen LogP contribution >= 0.6 is 0 Å². The van der Waals surface area contributed by atoms with Crippen LogP contribution in [0.3, 0.4) is 0 Å². The molecule has 2 aromatic rings. The third-order valence-electron chi connectivity index (χ3n) is 6.35. The molecule has 0 amide bonds. The maximum Gasteiger partial charge on any atom is 0.107 e. The molecule has 5 nitrogen and oxygen atoms in total. The van der Waals surface area contributed by atoms with Gasteiger partial charge in [-0.15, -0.1) is 0 Å². The number of hydrogen-bond donors (Lipinski definition) is 1. The zero-order valence-corrected chi connectivity index (χ0v) is 17.7. The van der Waals surface area contributed by atoms with Crippen molar-refractivity contribution in [2.24, 2.45) is 0 Å². The number of aliphatic hydroxyl groups excluding tert-OH is 1. The predicted octanol–water partition coefficient (Wildman–Crippen LogP) is 2.50. The number of nitrogens with zero attached hydrogens (tertiary/aromatic N) is 3. The second-order valence-electron chi connectivity index (χ2n) is 8.24. The van der Waals surface area contributed by atoms with Crippen molar-refractivity contribution in [3.05, 3.63) is 65.5 Å². The molecule has 2 aliphatic rings. The highest BCUT2D eigenvalue weighted by Gasteiger charge is 2.48. The number of methoxy groups -OCH3 is 1. The normalized spacial score (nSPS) is 24.7. The summed E-state index contributed by atoms with van der Waals surface area (Å²) in [5, 5.41) is 10.1. The first-order valence-corrected chi connectivity index (χ1v) is 10.9. The minimum atomic E-state index is 0.209. The SMILES string of the molecule is COCC#Cc1ccc([C@H]2[C@H](CO)N3CCCCN(Cc4ccncc4)C[C@@H]23)cc1. The molecule has 4 rings (SSSR count). The van der Waals surface area contributed by atoms with E-state index in [2.05, 4.69) is 63.0 Å². The van der Waals surface area contributed by atoms with Crippen LogP contribution in [0.4, 0.5) is 0 Å². The summed E-state index contributed by atoms with van der Waals surface area (Å²) < 4.78 is 5.00. The summed E-state index contributed by atoms with van der Waals surface area (Å²) in [5.74, 6) is 6.50. The number of hydrogen-bond acceptors (Lipinski definition) is 5. The van der Waals surface area contributed by atoms with Gasteiger partial charge in [-0.1, -0.05) is 24.0 Å². The Bertz CT molecular complexity index is 859. The van der Waals surface area contributed by atoms with E-state index >= 15 is 0 Å². The Hall–Kier alpha value is -2.23. The van der Waals surface area contributed by atoms with Crippen LogP contribution in [0.2, 0.25) is 0 Å². The lowest BCUT2D eigenvalue weighted by atomic mass is 9.74. The van der Waals surface area contributed by atoms with Crippen molar-refractivity contribution in [2.45, 2.75) is 37.4 Å². The monoisotopic (exact) mass is 405 g/mol. The van der Waals surface area contributed by atoms with Crippen LogP contribution in [0.25, 0.3) is 0 Å². The molecule has 158 valence electrons. The molecule has 30 heavy (non-hydrogen) atoms. The molecule has 3 atom stereocenters. The van der Waals surface area contributed by atoms with E-state index in [1.54, 1.807) is 7.11 Å². The van der Waals surface area contributed by atoms with Gasteiger partial charge in [-0.3, -0.25) is 14.8 Å². The van der Waals surface area contributed by atoms with Gasteiger partial charge in [0, 0.05) is 56.2 Å². The second kappa shape index (κ2) is 10.2. The Balaban J connectivity index is 1.50. The summed E-state index contributed by atoms with van der Waals surface area (Å²) in [6, 6.07) is 13.4. The summed E-state index contributed by atoms with van der Waals surface area (Å²) in [6.45, 7) is 4.84. The molecular formula is C25H31N3O2. The van der Waals surface area contributed by atoms with E-state index in [0.29, 0.717) is 18.6 Å². The van der Waals surface area contributed by atoms with E-state index in [-0.39, 0.29) is 12.6 Å². The van der Waals surface area contributed by atoms with Gasteiger partial charge < -0.3 is 9.84 Å². The van der Waals surface area contributed by atoms with Crippen molar-refractivity contribution in [2.75, 3.05) is 40.0 Å². The fourth-order valence-corrected chi connectivity index (χ4v) is 4.90. The molecule has 1 aromatic heterocycles. The van der Waals surface area contributed by atoms with Crippen molar-refractivity contribution in [3.63, 3.8) is 0 Å². The summed E-state index contributed by atoms with van der Waals surface area (Å²) in [5.41, 5.74) is 3.62. The number of ether oxygens (including phenoxy) is 1. The standard InChI is InChI=1S/C25H31N3O2/c1-30-16-4-5-20-6-8-22(9-7-20)25-23-18-27(17-21-10-12-26-13-11-21)14-2-3-15-28(23)24(25)19-29/h6-13,23-25,29H,2-3,14-19H2,1H3/t23-,24-,25+/m0/s1. The van der Waals surface area contributed by atoms with E-state index in [0.717, 1.165) is 31.7 Å². The van der Waals surface area contributed by atoms with Crippen molar-refractivity contribution in [1.29, 1.82) is 0 Å². The lowest BCUT2D eigenvalue weighted by Crippen LogP contribution is -2.67. The third-order valence-corrected chi connectivity index (χ3v) is 6.35. The minimum Gasteiger partial charge on any atom is -0.395 e. The van der Waals surface area contributed by atoms with Crippen LogP contribution in [-0.4, -0.2) is 71.9 Å². The average Bonchev–Trinajstić information content (AvgIpc) is 2.76. The molecule has 0 saturated carbocycles. The van der Waals surface area contributed by atoms with Crippen molar-refractivity contribution in [1.82, 2.24) is 14.8 Å². The molecule has 1 aromatic carbocycles. The van der Waals surface area contributed by atoms with Crippen molar-refractivity contribution in [3.8, 4) is 11.8 Å². The molecule has 3 heterocycles. The van der Waals surface area contributed by atoms with Gasteiger partial charge in [-0.25, -0.2) is 0 Å². The molecule has 0 spiro atoms. The lowest BCUT2D eigenvalue weighted by molar-refractivity contribution is -0.0655. The van der Waals surface area contributed by atoms with Gasteiger partial charge >= 0.3 is 0 Å². The maximum absolute atomic E-state index is 10.1. The summed E-state index contributed by atoms with van der Waals surface area (Å²) in [7, 11) is 1.65. The van der Waals surface area contributed by atoms with Crippen LogP contribution in [0, 0.1) is 11.8 Å². The van der Waals surface area contributed by atoms with Gasteiger partial charge in [0.05, 0.1) is 6.61 Å². The smallest absolute Gasteiger partial charge is 0.107 e. The first-order chi connectivity index (χ1) is 14.8. The Morgan fingerprint density at radius 3 is 2.60 bits per heavy atom. The molecule has 5 heteroatoms. The highest BCUT2D eigenvalue weighted by molar-refractivity contribution is 5.39. The van der Waals surface area contributed by atoms with Gasteiger partial charge in [-0.2, -0.15) is 0 Å². The molecule has 2 saturated heterocycles. The van der Waals surface area contributed by atoms with Gasteiger partial charge in [0.1, 0.15) is 6.61 Å². The average molecular weight is 406 g/mol. The topological polar surface area (TPSA) is 48.8 Å². The van der Waals surface area contributed by atoms with Crippen LogP contribution in [-0.2, 0) is 11.3 Å². The van der Waals surface area contributed by atoms with E-state index in [4.69, 9.17) is 4.74 Å². The van der Waals surface area contributed by atoms with Gasteiger partial charge in [0.25, 0.3) is 0 Å². The summed E-state index contributed by atoms with van der Waals surface area (Å²) in [4.78, 5) is 9.23. The van der Waals surface area contributed by atoms with Gasteiger partial charge in [0.15, 0.2) is 0 Å². The van der Waals surface area contributed by atoms with Crippen LogP contribution in [0.1, 0.15) is 35.4 Å². The molecule has 1 N–H and O–H groups in total. The Morgan fingerprint density at radius 2 is 1.87 bits per heavy atom. The summed E-state index contributed by atoms with van der Waals surface area (Å²) >= 11 is 0. The highest BCUT2D eigenvalue weighted by Crippen LogP contribution is 2.42. The van der Waals surface area contributed by atoms with Crippen molar-refractivity contribution >= 4 is 0 Å². The fraction of sp³-hybridized carbons (Fsp3) is 0.480.